The Balaban J connectivity index is 2.04. The highest BCUT2D eigenvalue weighted by atomic mass is 16.6. The van der Waals surface area contributed by atoms with Gasteiger partial charge in [-0.2, -0.15) is 0 Å². The molecule has 0 spiro atoms. The van der Waals surface area contributed by atoms with E-state index in [1.165, 1.54) is 0 Å². The Kier molecular flexibility index (Phi) is 7.43. The van der Waals surface area contributed by atoms with Gasteiger partial charge in [-0.25, -0.2) is 4.79 Å². The molecule has 2 amide bonds. The van der Waals surface area contributed by atoms with Crippen LogP contribution < -0.4 is 10.6 Å². The van der Waals surface area contributed by atoms with Gasteiger partial charge in [0.2, 0.25) is 5.91 Å². The molecule has 1 aromatic carbocycles. The molecule has 22 heavy (non-hydrogen) atoms. The van der Waals surface area contributed by atoms with E-state index in [-0.39, 0.29) is 5.91 Å². The molecule has 2 N–H and O–H groups in total. The summed E-state index contributed by atoms with van der Waals surface area (Å²) in [5.74, 6) is 0.0197. The summed E-state index contributed by atoms with van der Waals surface area (Å²) in [6, 6.07) is 9.41. The minimum Gasteiger partial charge on any atom is -0.444 e. The van der Waals surface area contributed by atoms with Gasteiger partial charge in [0.05, 0.1) is 0 Å². The third kappa shape index (κ3) is 9.00. The van der Waals surface area contributed by atoms with Crippen LogP contribution in [0.2, 0.25) is 0 Å². The largest absolute Gasteiger partial charge is 0.444 e. The number of nitrogens with one attached hydrogen (secondary N) is 2. The van der Waals surface area contributed by atoms with Crippen LogP contribution in [0, 0.1) is 0 Å². The number of alkyl carbamates (subject to hydrolysis) is 1. The Morgan fingerprint density at radius 2 is 1.73 bits per heavy atom. The molecule has 0 saturated carbocycles. The number of amides is 2. The number of hydrogen-bond donors (Lipinski definition) is 2. The summed E-state index contributed by atoms with van der Waals surface area (Å²) in [6.07, 6.45) is 2.61. The van der Waals surface area contributed by atoms with Crippen molar-refractivity contribution < 1.29 is 14.3 Å². The third-order valence-electron chi connectivity index (χ3n) is 2.81. The van der Waals surface area contributed by atoms with E-state index in [2.05, 4.69) is 10.6 Å². The smallest absolute Gasteiger partial charge is 0.407 e. The molecule has 1 rings (SSSR count). The molecule has 0 aliphatic carbocycles. The molecule has 0 bridgehead atoms. The van der Waals surface area contributed by atoms with Crippen LogP contribution in [0.25, 0.3) is 0 Å². The van der Waals surface area contributed by atoms with Crippen LogP contribution in [0.15, 0.2) is 30.3 Å². The minimum absolute atomic E-state index is 0.0197. The molecule has 1 aromatic rings. The zero-order chi connectivity index (χ0) is 16.4. The lowest BCUT2D eigenvalue weighted by atomic mass is 10.2. The van der Waals surface area contributed by atoms with Crippen molar-refractivity contribution in [1.82, 2.24) is 5.32 Å². The number of rotatable bonds is 7. The van der Waals surface area contributed by atoms with Crippen LogP contribution in [0.1, 0.15) is 46.5 Å². The van der Waals surface area contributed by atoms with Crippen LogP contribution in [0.4, 0.5) is 10.5 Å². The quantitative estimate of drug-likeness (QED) is 0.755. The van der Waals surface area contributed by atoms with E-state index in [0.29, 0.717) is 13.0 Å². The van der Waals surface area contributed by atoms with Crippen molar-refractivity contribution >= 4 is 17.7 Å². The normalized spacial score (nSPS) is 10.9. The predicted octanol–water partition coefficient (Wildman–Crippen LogP) is 3.71. The van der Waals surface area contributed by atoms with E-state index in [0.717, 1.165) is 24.9 Å². The summed E-state index contributed by atoms with van der Waals surface area (Å²) >= 11 is 0. The lowest BCUT2D eigenvalue weighted by Crippen LogP contribution is -2.33. The molecule has 5 heteroatoms. The standard InChI is InChI=1S/C17H26N2O3/c1-17(2,3)22-16(21)18-13-9-5-8-12-15(20)19-14-10-6-4-7-11-14/h4,6-7,10-11H,5,8-9,12-13H2,1-3H3,(H,18,21)(H,19,20). The maximum Gasteiger partial charge on any atom is 0.407 e. The van der Waals surface area contributed by atoms with Crippen molar-refractivity contribution in [2.24, 2.45) is 0 Å². The second-order valence-electron chi connectivity index (χ2n) is 6.15. The average molecular weight is 306 g/mol. The summed E-state index contributed by atoms with van der Waals surface area (Å²) < 4.78 is 5.13. The second-order valence-corrected chi connectivity index (χ2v) is 6.15. The van der Waals surface area contributed by atoms with Crippen molar-refractivity contribution in [2.45, 2.75) is 52.1 Å². The van der Waals surface area contributed by atoms with Gasteiger partial charge in [-0.1, -0.05) is 24.6 Å². The van der Waals surface area contributed by atoms with Crippen LogP contribution in [0.5, 0.6) is 0 Å². The maximum atomic E-state index is 11.7. The Morgan fingerprint density at radius 3 is 2.36 bits per heavy atom. The Morgan fingerprint density at radius 1 is 1.05 bits per heavy atom. The number of unbranched alkanes of at least 4 members (excludes halogenated alkanes) is 2. The van der Waals surface area contributed by atoms with Crippen molar-refractivity contribution in [2.75, 3.05) is 11.9 Å². The zero-order valence-corrected chi connectivity index (χ0v) is 13.6. The van der Waals surface area contributed by atoms with E-state index in [9.17, 15) is 9.59 Å². The first kappa shape index (κ1) is 18.0. The number of benzene rings is 1. The molecular weight excluding hydrogens is 280 g/mol. The highest BCUT2D eigenvalue weighted by molar-refractivity contribution is 5.90. The van der Waals surface area contributed by atoms with Gasteiger partial charge in [0.1, 0.15) is 5.60 Å². The van der Waals surface area contributed by atoms with Crippen molar-refractivity contribution in [3.05, 3.63) is 30.3 Å². The summed E-state index contributed by atoms with van der Waals surface area (Å²) in [5.41, 5.74) is 0.346. The molecule has 0 saturated heterocycles. The Labute approximate surface area is 132 Å². The molecule has 0 heterocycles. The molecule has 0 radical (unpaired) electrons. The first-order valence-corrected chi connectivity index (χ1v) is 7.68. The molecule has 5 nitrogen and oxygen atoms in total. The van der Waals surface area contributed by atoms with Gasteiger partial charge in [-0.15, -0.1) is 0 Å². The van der Waals surface area contributed by atoms with Gasteiger partial charge >= 0.3 is 6.09 Å². The fourth-order valence-electron chi connectivity index (χ4n) is 1.84. The average Bonchev–Trinajstić information content (AvgIpc) is 2.42. The van der Waals surface area contributed by atoms with E-state index in [4.69, 9.17) is 4.74 Å². The van der Waals surface area contributed by atoms with E-state index in [1.54, 1.807) is 0 Å². The van der Waals surface area contributed by atoms with Gasteiger partial charge in [0.25, 0.3) is 0 Å². The van der Waals surface area contributed by atoms with Crippen molar-refractivity contribution in [1.29, 1.82) is 0 Å². The molecule has 0 aromatic heterocycles. The summed E-state index contributed by atoms with van der Waals surface area (Å²) in [7, 11) is 0. The van der Waals surface area contributed by atoms with E-state index >= 15 is 0 Å². The number of para-hydroxylation sites is 1. The number of carbonyl (C=O) groups is 2. The number of carbonyl (C=O) groups excluding carboxylic acids is 2. The lowest BCUT2D eigenvalue weighted by Gasteiger charge is -2.19. The molecule has 122 valence electrons. The molecule has 0 fully saturated rings. The SMILES string of the molecule is CC(C)(C)OC(=O)NCCCCCC(=O)Nc1ccccc1. The van der Waals surface area contributed by atoms with Crippen LogP contribution in [-0.2, 0) is 9.53 Å². The van der Waals surface area contributed by atoms with Crippen molar-refractivity contribution in [3.8, 4) is 0 Å². The van der Waals surface area contributed by atoms with Crippen LogP contribution >= 0.6 is 0 Å². The van der Waals surface area contributed by atoms with Gasteiger partial charge < -0.3 is 15.4 Å². The van der Waals surface area contributed by atoms with Crippen LogP contribution in [0.3, 0.4) is 0 Å². The van der Waals surface area contributed by atoms with Gasteiger partial charge in [0.15, 0.2) is 0 Å². The molecular formula is C17H26N2O3. The first-order valence-electron chi connectivity index (χ1n) is 7.68. The molecule has 0 aliphatic heterocycles. The maximum absolute atomic E-state index is 11.7. The number of hydrogen-bond acceptors (Lipinski definition) is 3. The Hall–Kier alpha value is -2.04. The zero-order valence-electron chi connectivity index (χ0n) is 13.6. The third-order valence-corrected chi connectivity index (χ3v) is 2.81. The minimum atomic E-state index is -0.473. The summed E-state index contributed by atoms with van der Waals surface area (Å²) in [5, 5.41) is 5.55. The summed E-state index contributed by atoms with van der Waals surface area (Å²) in [4.78, 5) is 23.1. The van der Waals surface area contributed by atoms with Gasteiger partial charge in [-0.3, -0.25) is 4.79 Å². The fourth-order valence-corrected chi connectivity index (χ4v) is 1.84. The van der Waals surface area contributed by atoms with Gasteiger partial charge in [-0.05, 0) is 45.7 Å². The number of anilines is 1. The van der Waals surface area contributed by atoms with Crippen molar-refractivity contribution in [3.63, 3.8) is 0 Å². The topological polar surface area (TPSA) is 67.4 Å². The fraction of sp³-hybridized carbons (Fsp3) is 0.529. The highest BCUT2D eigenvalue weighted by Crippen LogP contribution is 2.08. The molecule has 0 unspecified atom stereocenters. The number of ether oxygens (including phenoxy) is 1. The lowest BCUT2D eigenvalue weighted by molar-refractivity contribution is -0.116. The highest BCUT2D eigenvalue weighted by Gasteiger charge is 2.15. The Bertz CT molecular complexity index is 467. The second kappa shape index (κ2) is 9.07. The molecule has 0 atom stereocenters. The molecule has 0 aliphatic rings. The van der Waals surface area contributed by atoms with Gasteiger partial charge in [0, 0.05) is 18.7 Å². The summed E-state index contributed by atoms with van der Waals surface area (Å²) in [6.45, 7) is 6.06. The first-order chi connectivity index (χ1) is 10.4. The van der Waals surface area contributed by atoms with E-state index < -0.39 is 11.7 Å². The predicted molar refractivity (Wildman–Crippen MR) is 87.8 cm³/mol. The monoisotopic (exact) mass is 306 g/mol. The van der Waals surface area contributed by atoms with E-state index in [1.807, 2.05) is 51.1 Å². The van der Waals surface area contributed by atoms with Crippen LogP contribution in [-0.4, -0.2) is 24.1 Å².